The van der Waals surface area contributed by atoms with Crippen molar-refractivity contribution in [1.82, 2.24) is 24.8 Å². The molecule has 2 fully saturated rings. The SMILES string of the molecule is Cc1ccc(Nc2nc(-c3ccc4c(c3)N(C3CC(N5CCCCC5)C3)C(=O)C4(C)C)cc3ncn(C(C)C)c23)cc1C(=O)NCC(F)F. The first kappa shape index (κ1) is 33.1. The van der Waals surface area contributed by atoms with Crippen LogP contribution < -0.4 is 15.5 Å². The molecule has 49 heavy (non-hydrogen) atoms. The van der Waals surface area contributed by atoms with Gasteiger partial charge >= 0.3 is 0 Å². The molecule has 258 valence electrons. The molecule has 0 spiro atoms. The zero-order valence-corrected chi connectivity index (χ0v) is 28.9. The Hall–Kier alpha value is -4.38. The summed E-state index contributed by atoms with van der Waals surface area (Å²) in [6, 6.07) is 14.3. The Kier molecular flexibility index (Phi) is 8.67. The van der Waals surface area contributed by atoms with Crippen LogP contribution >= 0.6 is 0 Å². The molecule has 4 heterocycles. The lowest BCUT2D eigenvalue weighted by Crippen LogP contribution is -2.57. The minimum Gasteiger partial charge on any atom is -0.346 e. The van der Waals surface area contributed by atoms with Crippen molar-refractivity contribution >= 4 is 40.0 Å². The Morgan fingerprint density at radius 1 is 1.02 bits per heavy atom. The number of pyridine rings is 1. The van der Waals surface area contributed by atoms with Gasteiger partial charge in [-0.25, -0.2) is 18.7 Å². The lowest BCUT2D eigenvalue weighted by molar-refractivity contribution is -0.123. The molecule has 7 rings (SSSR count). The molecular formula is C38H45F2N7O2. The van der Waals surface area contributed by atoms with Crippen molar-refractivity contribution in [1.29, 1.82) is 0 Å². The van der Waals surface area contributed by atoms with Crippen LogP contribution in [0.15, 0.2) is 48.8 Å². The van der Waals surface area contributed by atoms with E-state index in [1.165, 1.54) is 19.3 Å². The van der Waals surface area contributed by atoms with E-state index < -0.39 is 24.3 Å². The smallest absolute Gasteiger partial charge is 0.255 e. The van der Waals surface area contributed by atoms with Gasteiger partial charge in [-0.3, -0.25) is 9.59 Å². The topological polar surface area (TPSA) is 95.4 Å². The predicted octanol–water partition coefficient (Wildman–Crippen LogP) is 7.37. The van der Waals surface area contributed by atoms with Gasteiger partial charge < -0.3 is 25.0 Å². The number of amides is 2. The third-order valence-electron chi connectivity index (χ3n) is 10.6. The average Bonchev–Trinajstić information content (AvgIpc) is 3.58. The molecule has 2 aliphatic heterocycles. The lowest BCUT2D eigenvalue weighted by atomic mass is 9.82. The summed E-state index contributed by atoms with van der Waals surface area (Å²) < 4.78 is 27.7. The van der Waals surface area contributed by atoms with Crippen LogP contribution in [-0.2, 0) is 10.2 Å². The number of piperidine rings is 1. The van der Waals surface area contributed by atoms with Crippen LogP contribution in [0, 0.1) is 6.92 Å². The molecule has 1 aliphatic carbocycles. The second-order valence-electron chi connectivity index (χ2n) is 14.6. The molecule has 0 atom stereocenters. The molecule has 9 nitrogen and oxygen atoms in total. The highest BCUT2D eigenvalue weighted by Crippen LogP contribution is 2.48. The Morgan fingerprint density at radius 2 is 1.78 bits per heavy atom. The number of nitrogens with zero attached hydrogens (tertiary/aromatic N) is 5. The van der Waals surface area contributed by atoms with Gasteiger partial charge in [0.1, 0.15) is 5.52 Å². The van der Waals surface area contributed by atoms with Gasteiger partial charge in [0.15, 0.2) is 5.82 Å². The van der Waals surface area contributed by atoms with Crippen molar-refractivity contribution < 1.29 is 18.4 Å². The quantitative estimate of drug-likeness (QED) is 0.193. The maximum absolute atomic E-state index is 13.9. The maximum Gasteiger partial charge on any atom is 0.255 e. The minimum absolute atomic E-state index is 0.102. The standard InChI is InChI=1S/C38H45F2N7O2/c1-22(2)46-21-42-31-19-30(44-35(34(31)46)43-25-11-9-23(3)28(16-25)36(48)41-20-33(39)40)24-10-12-29-32(15-24)47(37(49)38(29,4)5)27-17-26(18-27)45-13-7-6-8-14-45/h9-12,15-16,19,21-22,26-27,33H,6-8,13-14,17-18,20H2,1-5H3,(H,41,48)(H,43,44). The number of aryl methyl sites for hydroxylation is 1. The van der Waals surface area contributed by atoms with E-state index in [4.69, 9.17) is 9.97 Å². The average molecular weight is 670 g/mol. The number of carbonyl (C=O) groups excluding carboxylic acids is 2. The summed E-state index contributed by atoms with van der Waals surface area (Å²) in [6.45, 7) is 11.5. The predicted molar refractivity (Wildman–Crippen MR) is 189 cm³/mol. The molecule has 2 aromatic carbocycles. The Morgan fingerprint density at radius 3 is 2.49 bits per heavy atom. The van der Waals surface area contributed by atoms with Crippen LogP contribution in [0.5, 0.6) is 0 Å². The van der Waals surface area contributed by atoms with Crippen molar-refractivity contribution in [3.8, 4) is 11.3 Å². The number of fused-ring (bicyclic) bond motifs is 2. The summed E-state index contributed by atoms with van der Waals surface area (Å²) in [5.74, 6) is 0.143. The van der Waals surface area contributed by atoms with Crippen molar-refractivity contribution in [2.45, 2.75) is 96.7 Å². The fourth-order valence-electron chi connectivity index (χ4n) is 7.69. The van der Waals surface area contributed by atoms with Gasteiger partial charge in [-0.2, -0.15) is 0 Å². The zero-order chi connectivity index (χ0) is 34.6. The van der Waals surface area contributed by atoms with Gasteiger partial charge in [-0.05, 0) is 109 Å². The number of halogens is 2. The summed E-state index contributed by atoms with van der Waals surface area (Å²) in [6.07, 6.45) is 4.98. The van der Waals surface area contributed by atoms with Gasteiger partial charge in [0.25, 0.3) is 12.3 Å². The monoisotopic (exact) mass is 669 g/mol. The summed E-state index contributed by atoms with van der Waals surface area (Å²) in [7, 11) is 0. The molecule has 0 unspecified atom stereocenters. The summed E-state index contributed by atoms with van der Waals surface area (Å²) >= 11 is 0. The number of hydrogen-bond donors (Lipinski definition) is 2. The molecular weight excluding hydrogens is 624 g/mol. The molecule has 2 aromatic heterocycles. The van der Waals surface area contributed by atoms with E-state index in [2.05, 4.69) is 46.4 Å². The van der Waals surface area contributed by atoms with Crippen molar-refractivity contribution in [2.24, 2.45) is 0 Å². The molecule has 1 saturated heterocycles. The largest absolute Gasteiger partial charge is 0.346 e. The normalized spacial score (nSPS) is 20.6. The summed E-state index contributed by atoms with van der Waals surface area (Å²) in [4.78, 5) is 41.2. The van der Waals surface area contributed by atoms with Crippen LogP contribution in [0.4, 0.5) is 26.0 Å². The maximum atomic E-state index is 13.9. The summed E-state index contributed by atoms with van der Waals surface area (Å²) in [5, 5.41) is 5.71. The fourth-order valence-corrected chi connectivity index (χ4v) is 7.69. The van der Waals surface area contributed by atoms with E-state index in [1.807, 2.05) is 36.6 Å². The van der Waals surface area contributed by atoms with Gasteiger partial charge in [0, 0.05) is 40.6 Å². The number of carbonyl (C=O) groups is 2. The first-order chi connectivity index (χ1) is 23.4. The number of likely N-dealkylation sites (tertiary alicyclic amines) is 1. The van der Waals surface area contributed by atoms with Gasteiger partial charge in [0.05, 0.1) is 29.5 Å². The molecule has 0 bridgehead atoms. The number of imidazole rings is 1. The molecule has 3 aliphatic rings. The number of alkyl halides is 2. The van der Waals surface area contributed by atoms with Gasteiger partial charge in [-0.15, -0.1) is 0 Å². The van der Waals surface area contributed by atoms with Gasteiger partial charge in [0.2, 0.25) is 5.91 Å². The van der Waals surface area contributed by atoms with E-state index in [0.29, 0.717) is 34.4 Å². The number of aromatic nitrogens is 3. The number of anilines is 3. The minimum atomic E-state index is -2.64. The van der Waals surface area contributed by atoms with Crippen LogP contribution in [0.2, 0.25) is 0 Å². The number of benzene rings is 2. The van der Waals surface area contributed by atoms with Gasteiger partial charge in [-0.1, -0.05) is 24.6 Å². The van der Waals surface area contributed by atoms with E-state index in [1.54, 1.807) is 25.4 Å². The van der Waals surface area contributed by atoms with E-state index in [9.17, 15) is 18.4 Å². The van der Waals surface area contributed by atoms with Crippen LogP contribution in [-0.4, -0.2) is 69.4 Å². The van der Waals surface area contributed by atoms with E-state index in [-0.39, 0.29) is 18.0 Å². The van der Waals surface area contributed by atoms with Crippen molar-refractivity contribution in [2.75, 3.05) is 29.9 Å². The highest BCUT2D eigenvalue weighted by molar-refractivity contribution is 6.09. The molecule has 2 N–H and O–H groups in total. The van der Waals surface area contributed by atoms with Crippen molar-refractivity contribution in [3.05, 3.63) is 65.5 Å². The third kappa shape index (κ3) is 6.06. The third-order valence-corrected chi connectivity index (χ3v) is 10.6. The van der Waals surface area contributed by atoms with E-state index >= 15 is 0 Å². The molecule has 0 radical (unpaired) electrons. The molecule has 2 amide bonds. The second kappa shape index (κ2) is 12.8. The highest BCUT2D eigenvalue weighted by atomic mass is 19.3. The number of rotatable bonds is 9. The molecule has 1 saturated carbocycles. The zero-order valence-electron chi connectivity index (χ0n) is 28.9. The molecule has 11 heteroatoms. The second-order valence-corrected chi connectivity index (χ2v) is 14.6. The van der Waals surface area contributed by atoms with Crippen LogP contribution in [0.1, 0.15) is 87.3 Å². The summed E-state index contributed by atoms with van der Waals surface area (Å²) in [5.41, 5.74) is 6.07. The lowest BCUT2D eigenvalue weighted by Gasteiger charge is -2.48. The number of hydrogen-bond acceptors (Lipinski definition) is 6. The Balaban J connectivity index is 1.24. The van der Waals surface area contributed by atoms with Crippen LogP contribution in [0.3, 0.4) is 0 Å². The van der Waals surface area contributed by atoms with Crippen LogP contribution in [0.25, 0.3) is 22.3 Å². The number of nitrogens with one attached hydrogen (secondary N) is 2. The highest BCUT2D eigenvalue weighted by Gasteiger charge is 2.50. The molecule has 4 aromatic rings. The fraction of sp³-hybridized carbons (Fsp3) is 0.474. The van der Waals surface area contributed by atoms with Crippen molar-refractivity contribution in [3.63, 3.8) is 0 Å². The Bertz CT molecular complexity index is 1910. The first-order valence-corrected chi connectivity index (χ1v) is 17.5. The first-order valence-electron chi connectivity index (χ1n) is 17.5. The van der Waals surface area contributed by atoms with E-state index in [0.717, 1.165) is 53.8 Å². The Labute approximate surface area is 286 Å².